The van der Waals surface area contributed by atoms with Crippen LogP contribution in [0, 0.1) is 0 Å². The zero-order valence-corrected chi connectivity index (χ0v) is 15.6. The van der Waals surface area contributed by atoms with E-state index in [4.69, 9.17) is 0 Å². The second kappa shape index (κ2) is 7.55. The minimum atomic E-state index is -3.49. The van der Waals surface area contributed by atoms with E-state index in [2.05, 4.69) is 15.2 Å². The SMILES string of the molecule is Cl.O=S(=O)(c1cccc2ncccc12)N1CCC(N2CCNCC2)C1. The molecule has 0 spiro atoms. The number of fused-ring (bicyclic) bond motifs is 1. The highest BCUT2D eigenvalue weighted by Crippen LogP contribution is 2.28. The summed E-state index contributed by atoms with van der Waals surface area (Å²) in [6.45, 7) is 5.14. The van der Waals surface area contributed by atoms with Gasteiger partial charge in [0, 0.05) is 56.9 Å². The number of halogens is 1. The van der Waals surface area contributed by atoms with E-state index in [0.29, 0.717) is 29.4 Å². The van der Waals surface area contributed by atoms with E-state index in [1.807, 2.05) is 12.1 Å². The molecule has 8 heteroatoms. The van der Waals surface area contributed by atoms with E-state index in [0.717, 1.165) is 38.1 Å². The highest BCUT2D eigenvalue weighted by atomic mass is 35.5. The van der Waals surface area contributed by atoms with Gasteiger partial charge in [0.15, 0.2) is 0 Å². The predicted molar refractivity (Wildman–Crippen MR) is 101 cm³/mol. The smallest absolute Gasteiger partial charge is 0.243 e. The third-order valence-corrected chi connectivity index (χ3v) is 6.94. The third-order valence-electron chi connectivity index (χ3n) is 5.02. The van der Waals surface area contributed by atoms with Crippen molar-refractivity contribution in [1.82, 2.24) is 19.5 Å². The van der Waals surface area contributed by atoms with Crippen LogP contribution in [0.3, 0.4) is 0 Å². The highest BCUT2D eigenvalue weighted by Gasteiger charge is 2.36. The Hall–Kier alpha value is -1.25. The van der Waals surface area contributed by atoms with Crippen LogP contribution in [-0.2, 0) is 10.0 Å². The molecule has 25 heavy (non-hydrogen) atoms. The lowest BCUT2D eigenvalue weighted by atomic mass is 10.2. The van der Waals surface area contributed by atoms with Gasteiger partial charge >= 0.3 is 0 Å². The number of aromatic nitrogens is 1. The van der Waals surface area contributed by atoms with Gasteiger partial charge in [0.2, 0.25) is 10.0 Å². The summed E-state index contributed by atoms with van der Waals surface area (Å²) in [6.07, 6.45) is 2.59. The Labute approximate surface area is 154 Å². The van der Waals surface area contributed by atoms with Crippen LogP contribution >= 0.6 is 12.4 Å². The molecule has 136 valence electrons. The van der Waals surface area contributed by atoms with Crippen LogP contribution in [0.5, 0.6) is 0 Å². The molecule has 3 heterocycles. The molecule has 2 aliphatic heterocycles. The molecule has 0 amide bonds. The van der Waals surface area contributed by atoms with Crippen molar-refractivity contribution in [1.29, 1.82) is 0 Å². The summed E-state index contributed by atoms with van der Waals surface area (Å²) >= 11 is 0. The fraction of sp³-hybridized carbons (Fsp3) is 0.471. The lowest BCUT2D eigenvalue weighted by Crippen LogP contribution is -2.49. The van der Waals surface area contributed by atoms with Gasteiger partial charge in [0.1, 0.15) is 0 Å². The van der Waals surface area contributed by atoms with Crippen molar-refractivity contribution in [3.05, 3.63) is 36.5 Å². The summed E-state index contributed by atoms with van der Waals surface area (Å²) in [5, 5.41) is 4.04. The fourth-order valence-electron chi connectivity index (χ4n) is 3.71. The first-order valence-electron chi connectivity index (χ1n) is 8.45. The number of pyridine rings is 1. The van der Waals surface area contributed by atoms with Gasteiger partial charge in [0.25, 0.3) is 0 Å². The molecular weight excluding hydrogens is 360 g/mol. The molecule has 1 atom stereocenters. The van der Waals surface area contributed by atoms with Gasteiger partial charge in [-0.3, -0.25) is 9.88 Å². The van der Waals surface area contributed by atoms with Crippen molar-refractivity contribution >= 4 is 33.3 Å². The van der Waals surface area contributed by atoms with Crippen LogP contribution in [0.4, 0.5) is 0 Å². The molecule has 0 radical (unpaired) electrons. The van der Waals surface area contributed by atoms with Crippen LogP contribution < -0.4 is 5.32 Å². The van der Waals surface area contributed by atoms with E-state index in [1.54, 1.807) is 28.7 Å². The highest BCUT2D eigenvalue weighted by molar-refractivity contribution is 7.89. The standard InChI is InChI=1S/C17H22N4O2S.ClH/c22-24(23,17-5-1-4-16-15(17)3-2-7-19-16)21-10-6-14(13-21)20-11-8-18-9-12-20;/h1-5,7,14,18H,6,8-13H2;1H. The largest absolute Gasteiger partial charge is 0.314 e. The summed E-state index contributed by atoms with van der Waals surface area (Å²) in [5.41, 5.74) is 0.719. The van der Waals surface area contributed by atoms with Crippen LogP contribution in [0.25, 0.3) is 10.9 Å². The minimum Gasteiger partial charge on any atom is -0.314 e. The second-order valence-corrected chi connectivity index (χ2v) is 8.32. The first-order valence-corrected chi connectivity index (χ1v) is 9.89. The topological polar surface area (TPSA) is 65.5 Å². The maximum atomic E-state index is 13.1. The zero-order chi connectivity index (χ0) is 16.6. The van der Waals surface area contributed by atoms with Gasteiger partial charge in [-0.05, 0) is 30.7 Å². The molecule has 6 nitrogen and oxygen atoms in total. The zero-order valence-electron chi connectivity index (χ0n) is 14.0. The maximum absolute atomic E-state index is 13.1. The first kappa shape index (κ1) is 18.5. The second-order valence-electron chi connectivity index (χ2n) is 6.42. The number of nitrogens with zero attached hydrogens (tertiary/aromatic N) is 3. The van der Waals surface area contributed by atoms with Gasteiger partial charge in [-0.1, -0.05) is 6.07 Å². The van der Waals surface area contributed by atoms with E-state index in [1.165, 1.54) is 0 Å². The van der Waals surface area contributed by atoms with E-state index in [9.17, 15) is 8.42 Å². The van der Waals surface area contributed by atoms with Crippen molar-refractivity contribution in [3.8, 4) is 0 Å². The molecule has 0 bridgehead atoms. The van der Waals surface area contributed by atoms with Crippen LogP contribution in [0.1, 0.15) is 6.42 Å². The Morgan fingerprint density at radius 1 is 1.08 bits per heavy atom. The molecule has 2 fully saturated rings. The Balaban J connectivity index is 0.00000182. The van der Waals surface area contributed by atoms with Gasteiger partial charge in [-0.2, -0.15) is 4.31 Å². The molecule has 4 rings (SSSR count). The summed E-state index contributed by atoms with van der Waals surface area (Å²) < 4.78 is 27.9. The molecule has 2 aromatic rings. The van der Waals surface area contributed by atoms with Gasteiger partial charge in [-0.15, -0.1) is 12.4 Å². The Bertz CT molecular complexity index is 834. The summed E-state index contributed by atoms with van der Waals surface area (Å²) in [6, 6.07) is 9.26. The Morgan fingerprint density at radius 3 is 2.68 bits per heavy atom. The third kappa shape index (κ3) is 3.52. The molecule has 1 unspecified atom stereocenters. The number of sulfonamides is 1. The number of piperazine rings is 1. The molecule has 2 aliphatic rings. The summed E-state index contributed by atoms with van der Waals surface area (Å²) in [4.78, 5) is 7.06. The van der Waals surface area contributed by atoms with Gasteiger partial charge in [-0.25, -0.2) is 8.42 Å². The predicted octanol–water partition coefficient (Wildman–Crippen LogP) is 1.32. The van der Waals surface area contributed by atoms with Crippen LogP contribution in [0.2, 0.25) is 0 Å². The van der Waals surface area contributed by atoms with Crippen molar-refractivity contribution in [2.45, 2.75) is 17.4 Å². The van der Waals surface area contributed by atoms with Crippen molar-refractivity contribution in [2.24, 2.45) is 0 Å². The average Bonchev–Trinajstić information content (AvgIpc) is 3.13. The number of benzene rings is 1. The Kier molecular flexibility index (Phi) is 5.60. The number of hydrogen-bond donors (Lipinski definition) is 1. The van der Waals surface area contributed by atoms with Crippen molar-refractivity contribution < 1.29 is 8.42 Å². The molecule has 0 aliphatic carbocycles. The molecule has 1 aromatic carbocycles. The van der Waals surface area contributed by atoms with E-state index < -0.39 is 10.0 Å². The van der Waals surface area contributed by atoms with Crippen LogP contribution in [-0.4, -0.2) is 67.9 Å². The number of hydrogen-bond acceptors (Lipinski definition) is 5. The van der Waals surface area contributed by atoms with Crippen molar-refractivity contribution in [2.75, 3.05) is 39.3 Å². The lowest BCUT2D eigenvalue weighted by molar-refractivity contribution is 0.179. The van der Waals surface area contributed by atoms with Crippen LogP contribution in [0.15, 0.2) is 41.4 Å². The number of nitrogens with one attached hydrogen (secondary N) is 1. The quantitative estimate of drug-likeness (QED) is 0.867. The normalized spacial score (nSPS) is 22.8. The first-order chi connectivity index (χ1) is 11.7. The summed E-state index contributed by atoms with van der Waals surface area (Å²) in [7, 11) is -3.49. The lowest BCUT2D eigenvalue weighted by Gasteiger charge is -2.32. The average molecular weight is 383 g/mol. The van der Waals surface area contributed by atoms with Gasteiger partial charge < -0.3 is 5.32 Å². The van der Waals surface area contributed by atoms with E-state index >= 15 is 0 Å². The minimum absolute atomic E-state index is 0. The Morgan fingerprint density at radius 2 is 1.88 bits per heavy atom. The van der Waals surface area contributed by atoms with Crippen molar-refractivity contribution in [3.63, 3.8) is 0 Å². The maximum Gasteiger partial charge on any atom is 0.243 e. The number of rotatable bonds is 3. The molecule has 2 saturated heterocycles. The molecule has 1 aromatic heterocycles. The van der Waals surface area contributed by atoms with Gasteiger partial charge in [0.05, 0.1) is 10.4 Å². The summed E-state index contributed by atoms with van der Waals surface area (Å²) in [5.74, 6) is 0. The van der Waals surface area contributed by atoms with E-state index in [-0.39, 0.29) is 12.4 Å². The molecule has 1 N–H and O–H groups in total. The molecular formula is C17H23ClN4O2S. The molecule has 0 saturated carbocycles. The fourth-order valence-corrected chi connectivity index (χ4v) is 5.41. The monoisotopic (exact) mass is 382 g/mol.